The van der Waals surface area contributed by atoms with Crippen molar-refractivity contribution in [2.75, 3.05) is 5.73 Å². The number of pyridine rings is 1. The van der Waals surface area contributed by atoms with Gasteiger partial charge in [-0.2, -0.15) is 0 Å². The maximum absolute atomic E-state index is 11.9. The van der Waals surface area contributed by atoms with E-state index < -0.39 is 0 Å². The molecule has 2 rings (SSSR count). The van der Waals surface area contributed by atoms with Crippen molar-refractivity contribution in [1.29, 1.82) is 0 Å². The first-order valence-electron chi connectivity index (χ1n) is 5.49. The predicted molar refractivity (Wildman–Crippen MR) is 76.2 cm³/mol. The lowest BCUT2D eigenvalue weighted by Crippen LogP contribution is -2.23. The summed E-state index contributed by atoms with van der Waals surface area (Å²) in [7, 11) is 0. The highest BCUT2D eigenvalue weighted by Crippen LogP contribution is 2.28. The third-order valence-corrected chi connectivity index (χ3v) is 3.47. The van der Waals surface area contributed by atoms with Gasteiger partial charge in [0.2, 0.25) is 0 Å². The SMILES string of the molecule is CCn1c(-c2ccc(Cl)c(Cl)c2)ccc(N)c1=O. The summed E-state index contributed by atoms with van der Waals surface area (Å²) in [5, 5.41) is 0.947. The molecule has 0 fully saturated rings. The van der Waals surface area contributed by atoms with E-state index in [1.807, 2.05) is 13.0 Å². The first-order valence-corrected chi connectivity index (χ1v) is 6.25. The molecule has 2 N–H and O–H groups in total. The highest BCUT2D eigenvalue weighted by molar-refractivity contribution is 6.42. The van der Waals surface area contributed by atoms with Crippen molar-refractivity contribution in [2.24, 2.45) is 0 Å². The molecular formula is C13H12Cl2N2O. The normalized spacial score (nSPS) is 10.6. The van der Waals surface area contributed by atoms with Crippen molar-refractivity contribution in [2.45, 2.75) is 13.5 Å². The Bertz CT molecular complexity index is 650. The van der Waals surface area contributed by atoms with Crippen molar-refractivity contribution >= 4 is 28.9 Å². The summed E-state index contributed by atoms with van der Waals surface area (Å²) in [5.74, 6) is 0. The minimum atomic E-state index is -0.193. The number of hydrogen-bond acceptors (Lipinski definition) is 2. The zero-order chi connectivity index (χ0) is 13.3. The number of hydrogen-bond donors (Lipinski definition) is 1. The lowest BCUT2D eigenvalue weighted by molar-refractivity contribution is 0.738. The summed E-state index contributed by atoms with van der Waals surface area (Å²) >= 11 is 11.9. The van der Waals surface area contributed by atoms with Gasteiger partial charge in [0.25, 0.3) is 5.56 Å². The zero-order valence-electron chi connectivity index (χ0n) is 9.78. The molecule has 18 heavy (non-hydrogen) atoms. The molecule has 1 heterocycles. The van der Waals surface area contributed by atoms with Crippen LogP contribution in [0.5, 0.6) is 0 Å². The van der Waals surface area contributed by atoms with Gasteiger partial charge in [0.1, 0.15) is 0 Å². The molecule has 94 valence electrons. The van der Waals surface area contributed by atoms with Crippen LogP contribution in [0.3, 0.4) is 0 Å². The number of anilines is 1. The van der Waals surface area contributed by atoms with Gasteiger partial charge in [0, 0.05) is 6.54 Å². The molecule has 3 nitrogen and oxygen atoms in total. The van der Waals surface area contributed by atoms with E-state index in [1.54, 1.807) is 28.8 Å². The van der Waals surface area contributed by atoms with Gasteiger partial charge in [-0.15, -0.1) is 0 Å². The lowest BCUT2D eigenvalue weighted by atomic mass is 10.1. The van der Waals surface area contributed by atoms with Gasteiger partial charge < -0.3 is 10.3 Å². The van der Waals surface area contributed by atoms with E-state index >= 15 is 0 Å². The fourth-order valence-electron chi connectivity index (χ4n) is 1.82. The molecule has 0 unspecified atom stereocenters. The summed E-state index contributed by atoms with van der Waals surface area (Å²) < 4.78 is 1.61. The van der Waals surface area contributed by atoms with Crippen molar-refractivity contribution in [1.82, 2.24) is 4.57 Å². The number of nitrogens with zero attached hydrogens (tertiary/aromatic N) is 1. The number of nitrogen functional groups attached to an aromatic ring is 1. The van der Waals surface area contributed by atoms with E-state index in [9.17, 15) is 4.79 Å². The topological polar surface area (TPSA) is 48.0 Å². The first kappa shape index (κ1) is 13.0. The molecule has 0 atom stereocenters. The molecule has 0 spiro atoms. The second-order valence-corrected chi connectivity index (χ2v) is 4.67. The molecule has 0 radical (unpaired) electrons. The van der Waals surface area contributed by atoms with Gasteiger partial charge in [-0.05, 0) is 36.8 Å². The smallest absolute Gasteiger partial charge is 0.274 e. The van der Waals surface area contributed by atoms with Gasteiger partial charge in [0.05, 0.1) is 21.4 Å². The monoisotopic (exact) mass is 282 g/mol. The van der Waals surface area contributed by atoms with E-state index in [0.717, 1.165) is 11.3 Å². The van der Waals surface area contributed by atoms with Crippen LogP contribution in [0.4, 0.5) is 5.69 Å². The van der Waals surface area contributed by atoms with Gasteiger partial charge >= 0.3 is 0 Å². The number of nitrogens with two attached hydrogens (primary N) is 1. The van der Waals surface area contributed by atoms with Crippen LogP contribution in [-0.4, -0.2) is 4.57 Å². The fraction of sp³-hybridized carbons (Fsp3) is 0.154. The molecule has 1 aromatic heterocycles. The molecule has 5 heteroatoms. The highest BCUT2D eigenvalue weighted by Gasteiger charge is 2.09. The molecule has 1 aromatic carbocycles. The van der Waals surface area contributed by atoms with Crippen LogP contribution in [0.2, 0.25) is 10.0 Å². The van der Waals surface area contributed by atoms with Crippen molar-refractivity contribution < 1.29 is 0 Å². The Hall–Kier alpha value is -1.45. The van der Waals surface area contributed by atoms with Crippen LogP contribution in [0, 0.1) is 0 Å². The summed E-state index contributed by atoms with van der Waals surface area (Å²) in [6.45, 7) is 2.43. The van der Waals surface area contributed by atoms with E-state index in [-0.39, 0.29) is 11.2 Å². The molecule has 0 aliphatic rings. The number of aromatic nitrogens is 1. The highest BCUT2D eigenvalue weighted by atomic mass is 35.5. The van der Waals surface area contributed by atoms with Crippen LogP contribution in [-0.2, 0) is 6.54 Å². The van der Waals surface area contributed by atoms with E-state index in [4.69, 9.17) is 28.9 Å². The summed E-state index contributed by atoms with van der Waals surface area (Å²) in [6, 6.07) is 8.68. The van der Waals surface area contributed by atoms with Crippen molar-refractivity contribution in [3.8, 4) is 11.3 Å². The Kier molecular flexibility index (Phi) is 3.64. The largest absolute Gasteiger partial charge is 0.394 e. The Morgan fingerprint density at radius 3 is 2.50 bits per heavy atom. The standard InChI is InChI=1S/C13H12Cl2N2O/c1-2-17-12(6-5-11(16)13(17)18)8-3-4-9(14)10(15)7-8/h3-7H,2,16H2,1H3. The third-order valence-electron chi connectivity index (χ3n) is 2.74. The Labute approximate surface area is 115 Å². The molecule has 0 aliphatic carbocycles. The number of benzene rings is 1. The van der Waals surface area contributed by atoms with Crippen LogP contribution in [0.1, 0.15) is 6.92 Å². The minimum absolute atomic E-state index is 0.193. The second-order valence-electron chi connectivity index (χ2n) is 3.85. The summed E-state index contributed by atoms with van der Waals surface area (Å²) in [5.41, 5.74) is 7.27. The van der Waals surface area contributed by atoms with E-state index in [0.29, 0.717) is 16.6 Å². The average molecular weight is 283 g/mol. The van der Waals surface area contributed by atoms with Crippen LogP contribution in [0.15, 0.2) is 35.1 Å². The average Bonchev–Trinajstić information content (AvgIpc) is 2.36. The lowest BCUT2D eigenvalue weighted by Gasteiger charge is -2.12. The van der Waals surface area contributed by atoms with Crippen LogP contribution >= 0.6 is 23.2 Å². The Morgan fingerprint density at radius 2 is 1.89 bits per heavy atom. The fourth-order valence-corrected chi connectivity index (χ4v) is 2.11. The minimum Gasteiger partial charge on any atom is -0.394 e. The molecule has 0 saturated carbocycles. The maximum Gasteiger partial charge on any atom is 0.274 e. The van der Waals surface area contributed by atoms with Crippen molar-refractivity contribution in [3.63, 3.8) is 0 Å². The molecule has 0 aliphatic heterocycles. The first-order chi connectivity index (χ1) is 8.54. The van der Waals surface area contributed by atoms with Crippen LogP contribution in [0.25, 0.3) is 11.3 Å². The number of halogens is 2. The Morgan fingerprint density at radius 1 is 1.17 bits per heavy atom. The quantitative estimate of drug-likeness (QED) is 0.918. The zero-order valence-corrected chi connectivity index (χ0v) is 11.3. The predicted octanol–water partition coefficient (Wildman–Crippen LogP) is 3.42. The van der Waals surface area contributed by atoms with Gasteiger partial charge in [-0.3, -0.25) is 4.79 Å². The third kappa shape index (κ3) is 2.24. The molecular weight excluding hydrogens is 271 g/mol. The van der Waals surface area contributed by atoms with E-state index in [1.165, 1.54) is 0 Å². The van der Waals surface area contributed by atoms with Gasteiger partial charge in [-0.1, -0.05) is 29.3 Å². The Balaban J connectivity index is 2.67. The van der Waals surface area contributed by atoms with E-state index in [2.05, 4.69) is 0 Å². The van der Waals surface area contributed by atoms with Gasteiger partial charge in [0.15, 0.2) is 0 Å². The summed E-state index contributed by atoms with van der Waals surface area (Å²) in [4.78, 5) is 11.9. The molecule has 0 saturated heterocycles. The maximum atomic E-state index is 11.9. The van der Waals surface area contributed by atoms with Crippen LogP contribution < -0.4 is 11.3 Å². The van der Waals surface area contributed by atoms with Crippen molar-refractivity contribution in [3.05, 3.63) is 50.7 Å². The molecule has 2 aromatic rings. The molecule has 0 amide bonds. The second kappa shape index (κ2) is 5.04. The van der Waals surface area contributed by atoms with Gasteiger partial charge in [-0.25, -0.2) is 0 Å². The number of rotatable bonds is 2. The summed E-state index contributed by atoms with van der Waals surface area (Å²) in [6.07, 6.45) is 0. The molecule has 0 bridgehead atoms.